The van der Waals surface area contributed by atoms with Gasteiger partial charge in [-0.2, -0.15) is 0 Å². The average molecular weight is 481 g/mol. The standard InChI is InChI=1S/C25H28N4O4S/c1-18(30)26-23-13-10-19(11-14-23)17-29(25(31)27-22-8-4-5-9-22)28-34(32,33)24-15-12-20-6-2-3-7-21(20)16-24/h2-3,6-7,10-16,22,28H,4-5,8-9,17H2,1H3,(H,26,30)(H,27,31). The Labute approximate surface area is 199 Å². The molecular weight excluding hydrogens is 452 g/mol. The normalized spacial score (nSPS) is 14.1. The molecule has 9 heteroatoms. The van der Waals surface area contributed by atoms with E-state index in [2.05, 4.69) is 15.5 Å². The third kappa shape index (κ3) is 5.92. The van der Waals surface area contributed by atoms with Gasteiger partial charge in [0.25, 0.3) is 10.0 Å². The maximum Gasteiger partial charge on any atom is 0.333 e. The topological polar surface area (TPSA) is 108 Å². The van der Waals surface area contributed by atoms with Gasteiger partial charge >= 0.3 is 6.03 Å². The van der Waals surface area contributed by atoms with Crippen molar-refractivity contribution in [3.63, 3.8) is 0 Å². The summed E-state index contributed by atoms with van der Waals surface area (Å²) in [4.78, 5) is 26.9. The van der Waals surface area contributed by atoms with Crippen LogP contribution in [0.25, 0.3) is 10.8 Å². The van der Waals surface area contributed by atoms with E-state index in [-0.39, 0.29) is 23.4 Å². The van der Waals surface area contributed by atoms with Gasteiger partial charge in [-0.05, 0) is 53.4 Å². The van der Waals surface area contributed by atoms with Crippen molar-refractivity contribution in [2.24, 2.45) is 0 Å². The summed E-state index contributed by atoms with van der Waals surface area (Å²) in [7, 11) is -4.02. The van der Waals surface area contributed by atoms with Crippen molar-refractivity contribution < 1.29 is 18.0 Å². The number of nitrogens with zero attached hydrogens (tertiary/aromatic N) is 1. The van der Waals surface area contributed by atoms with Crippen molar-refractivity contribution in [3.8, 4) is 0 Å². The third-order valence-corrected chi connectivity index (χ3v) is 7.14. The molecule has 4 rings (SSSR count). The van der Waals surface area contributed by atoms with Crippen LogP contribution in [0.2, 0.25) is 0 Å². The first kappa shape index (κ1) is 23.7. The molecule has 3 aromatic carbocycles. The molecule has 3 N–H and O–H groups in total. The Morgan fingerprint density at radius 2 is 1.62 bits per heavy atom. The first-order valence-corrected chi connectivity index (χ1v) is 12.7. The predicted molar refractivity (Wildman–Crippen MR) is 131 cm³/mol. The number of sulfonamides is 1. The van der Waals surface area contributed by atoms with Gasteiger partial charge in [0.15, 0.2) is 0 Å². The Bertz CT molecular complexity index is 1290. The first-order valence-electron chi connectivity index (χ1n) is 11.3. The second-order valence-electron chi connectivity index (χ2n) is 8.50. The second kappa shape index (κ2) is 10.2. The first-order chi connectivity index (χ1) is 16.3. The molecule has 178 valence electrons. The van der Waals surface area contributed by atoms with Crippen LogP contribution in [0.15, 0.2) is 71.6 Å². The highest BCUT2D eigenvalue weighted by Gasteiger charge is 2.26. The van der Waals surface area contributed by atoms with Crippen LogP contribution in [0.3, 0.4) is 0 Å². The average Bonchev–Trinajstić information content (AvgIpc) is 3.32. The molecule has 0 unspecified atom stereocenters. The maximum absolute atomic E-state index is 13.2. The van der Waals surface area contributed by atoms with Gasteiger partial charge in [0.1, 0.15) is 0 Å². The van der Waals surface area contributed by atoms with Gasteiger partial charge in [0.05, 0.1) is 11.4 Å². The number of amides is 3. The van der Waals surface area contributed by atoms with E-state index in [0.717, 1.165) is 41.5 Å². The molecule has 1 fully saturated rings. The fraction of sp³-hybridized carbons (Fsp3) is 0.280. The number of fused-ring (bicyclic) bond motifs is 1. The van der Waals surface area contributed by atoms with E-state index in [0.29, 0.717) is 11.3 Å². The zero-order chi connectivity index (χ0) is 24.1. The quantitative estimate of drug-likeness (QED) is 0.442. The summed E-state index contributed by atoms with van der Waals surface area (Å²) in [5, 5.41) is 8.44. The van der Waals surface area contributed by atoms with Crippen LogP contribution < -0.4 is 15.5 Å². The molecular formula is C25H28N4O4S. The molecule has 0 heterocycles. The van der Waals surface area contributed by atoms with E-state index in [9.17, 15) is 18.0 Å². The van der Waals surface area contributed by atoms with Crippen LogP contribution in [0.5, 0.6) is 0 Å². The molecule has 0 aromatic heterocycles. The number of carbonyl (C=O) groups excluding carboxylic acids is 2. The van der Waals surface area contributed by atoms with E-state index in [1.165, 1.54) is 13.0 Å². The summed E-state index contributed by atoms with van der Waals surface area (Å²) >= 11 is 0. The van der Waals surface area contributed by atoms with Crippen LogP contribution in [0.1, 0.15) is 38.2 Å². The number of anilines is 1. The number of carbonyl (C=O) groups is 2. The Hall–Kier alpha value is -3.43. The summed E-state index contributed by atoms with van der Waals surface area (Å²) < 4.78 is 26.4. The van der Waals surface area contributed by atoms with Gasteiger partial charge in [-0.3, -0.25) is 4.79 Å². The molecule has 1 aliphatic carbocycles. The molecule has 0 aliphatic heterocycles. The van der Waals surface area contributed by atoms with Gasteiger partial charge < -0.3 is 10.6 Å². The van der Waals surface area contributed by atoms with Crippen molar-refractivity contribution in [2.45, 2.75) is 50.1 Å². The van der Waals surface area contributed by atoms with Crippen molar-refractivity contribution in [2.75, 3.05) is 5.32 Å². The highest BCUT2D eigenvalue weighted by Crippen LogP contribution is 2.21. The van der Waals surface area contributed by atoms with Crippen LogP contribution in [-0.2, 0) is 21.4 Å². The van der Waals surface area contributed by atoms with Crippen molar-refractivity contribution in [3.05, 3.63) is 72.3 Å². The third-order valence-electron chi connectivity index (χ3n) is 5.80. The molecule has 1 aliphatic rings. The second-order valence-corrected chi connectivity index (χ2v) is 10.2. The van der Waals surface area contributed by atoms with Crippen LogP contribution in [0, 0.1) is 0 Å². The molecule has 0 radical (unpaired) electrons. The number of benzene rings is 3. The van der Waals surface area contributed by atoms with Gasteiger partial charge in [-0.15, -0.1) is 4.83 Å². The van der Waals surface area contributed by atoms with E-state index in [1.54, 1.807) is 36.4 Å². The summed E-state index contributed by atoms with van der Waals surface area (Å²) in [6, 6.07) is 18.8. The van der Waals surface area contributed by atoms with E-state index < -0.39 is 16.1 Å². The molecule has 0 atom stereocenters. The van der Waals surface area contributed by atoms with E-state index in [4.69, 9.17) is 0 Å². The zero-order valence-electron chi connectivity index (χ0n) is 19.0. The zero-order valence-corrected chi connectivity index (χ0v) is 19.8. The van der Waals surface area contributed by atoms with Gasteiger partial charge in [-0.25, -0.2) is 18.2 Å². The number of rotatable bonds is 7. The minimum Gasteiger partial charge on any atom is -0.334 e. The van der Waals surface area contributed by atoms with E-state index in [1.807, 2.05) is 24.3 Å². The maximum atomic E-state index is 13.2. The molecule has 0 saturated heterocycles. The summed E-state index contributed by atoms with van der Waals surface area (Å²) in [5.41, 5.74) is 1.33. The fourth-order valence-corrected chi connectivity index (χ4v) is 5.15. The van der Waals surface area contributed by atoms with Gasteiger partial charge in [0.2, 0.25) is 5.91 Å². The molecule has 34 heavy (non-hydrogen) atoms. The highest BCUT2D eigenvalue weighted by atomic mass is 32.2. The number of urea groups is 1. The highest BCUT2D eigenvalue weighted by molar-refractivity contribution is 7.89. The Balaban J connectivity index is 1.57. The van der Waals surface area contributed by atoms with Gasteiger partial charge in [0, 0.05) is 18.7 Å². The number of hydrogen-bond donors (Lipinski definition) is 3. The molecule has 8 nitrogen and oxygen atoms in total. The smallest absolute Gasteiger partial charge is 0.333 e. The number of hydrogen-bond acceptors (Lipinski definition) is 4. The van der Waals surface area contributed by atoms with E-state index >= 15 is 0 Å². The predicted octanol–water partition coefficient (Wildman–Crippen LogP) is 4.15. The molecule has 0 bridgehead atoms. The van der Waals surface area contributed by atoms with Gasteiger partial charge in [-0.1, -0.05) is 55.3 Å². The van der Waals surface area contributed by atoms with Crippen LogP contribution >= 0.6 is 0 Å². The SMILES string of the molecule is CC(=O)Nc1ccc(CN(NS(=O)(=O)c2ccc3ccccc3c2)C(=O)NC2CCCC2)cc1. The minimum absolute atomic E-state index is 0.0196. The Kier molecular flexibility index (Phi) is 7.14. The lowest BCUT2D eigenvalue weighted by molar-refractivity contribution is -0.114. The van der Waals surface area contributed by atoms with Crippen molar-refractivity contribution in [1.82, 2.24) is 15.2 Å². The van der Waals surface area contributed by atoms with Crippen molar-refractivity contribution >= 4 is 38.4 Å². The fourth-order valence-electron chi connectivity index (χ4n) is 4.08. The van der Waals surface area contributed by atoms with Crippen LogP contribution in [0.4, 0.5) is 10.5 Å². The number of nitrogens with one attached hydrogen (secondary N) is 3. The largest absolute Gasteiger partial charge is 0.334 e. The minimum atomic E-state index is -4.02. The molecule has 3 amide bonds. The lowest BCUT2D eigenvalue weighted by atomic mass is 10.1. The molecule has 1 saturated carbocycles. The molecule has 3 aromatic rings. The lowest BCUT2D eigenvalue weighted by Gasteiger charge is -2.25. The molecule has 0 spiro atoms. The summed E-state index contributed by atoms with van der Waals surface area (Å²) in [6.45, 7) is 1.44. The Morgan fingerprint density at radius 1 is 0.941 bits per heavy atom. The summed E-state index contributed by atoms with van der Waals surface area (Å²) in [5.74, 6) is -0.187. The van der Waals surface area contributed by atoms with Crippen molar-refractivity contribution in [1.29, 1.82) is 0 Å². The Morgan fingerprint density at radius 3 is 2.29 bits per heavy atom. The monoisotopic (exact) mass is 480 g/mol. The lowest BCUT2D eigenvalue weighted by Crippen LogP contribution is -2.51. The summed E-state index contributed by atoms with van der Waals surface area (Å²) in [6.07, 6.45) is 3.83. The van der Waals surface area contributed by atoms with Crippen LogP contribution in [-0.4, -0.2) is 31.4 Å². The number of hydrazine groups is 1.